The lowest BCUT2D eigenvalue weighted by atomic mass is 10.1. The second-order valence-electron chi connectivity index (χ2n) is 3.00. The molecule has 0 fully saturated rings. The van der Waals surface area contributed by atoms with Crippen molar-refractivity contribution in [1.82, 2.24) is 0 Å². The van der Waals surface area contributed by atoms with E-state index in [0.29, 0.717) is 0 Å². The molecule has 0 unspecified atom stereocenters. The highest BCUT2D eigenvalue weighted by Crippen LogP contribution is 2.33. The Bertz CT molecular complexity index is 473. The Morgan fingerprint density at radius 1 is 1.53 bits per heavy atom. The van der Waals surface area contributed by atoms with Gasteiger partial charge >= 0.3 is 0 Å². The number of benzene rings is 1. The molecule has 0 amide bonds. The Balaban J connectivity index is 3.40. The van der Waals surface area contributed by atoms with E-state index >= 15 is 0 Å². The van der Waals surface area contributed by atoms with Gasteiger partial charge in [-0.25, -0.2) is 12.8 Å². The number of aromatic hydroxyl groups is 1. The first-order valence-corrected chi connectivity index (χ1v) is 6.67. The second-order valence-corrected chi connectivity index (χ2v) is 6.18. The molecule has 1 aromatic carbocycles. The van der Waals surface area contributed by atoms with Gasteiger partial charge < -0.3 is 5.11 Å². The quantitative estimate of drug-likeness (QED) is 0.842. The summed E-state index contributed by atoms with van der Waals surface area (Å²) in [5, 5.41) is 9.26. The van der Waals surface area contributed by atoms with Crippen molar-refractivity contribution >= 4 is 31.3 Å². The maximum absolute atomic E-state index is 13.4. The van der Waals surface area contributed by atoms with Crippen LogP contribution in [-0.2, 0) is 14.8 Å². The average molecular weight is 273 g/mol. The summed E-state index contributed by atoms with van der Waals surface area (Å²) < 4.78 is 35.0. The summed E-state index contributed by atoms with van der Waals surface area (Å²) in [6.45, 7) is 1.41. The van der Waals surface area contributed by atoms with Crippen LogP contribution in [0, 0.1) is 12.7 Å². The van der Waals surface area contributed by atoms with Gasteiger partial charge in [0.25, 0.3) is 0 Å². The van der Waals surface area contributed by atoms with E-state index < -0.39 is 31.9 Å². The minimum absolute atomic E-state index is 0.107. The first kappa shape index (κ1) is 12.5. The van der Waals surface area contributed by atoms with E-state index in [9.17, 15) is 17.9 Å². The van der Waals surface area contributed by atoms with E-state index in [0.717, 1.165) is 0 Å². The highest BCUT2D eigenvalue weighted by Gasteiger charge is 2.19. The fourth-order valence-corrected chi connectivity index (χ4v) is 2.33. The molecule has 0 radical (unpaired) electrons. The molecule has 1 rings (SSSR count). The third-order valence-electron chi connectivity index (χ3n) is 1.78. The van der Waals surface area contributed by atoms with Crippen molar-refractivity contribution in [3.63, 3.8) is 0 Å². The first-order valence-electron chi connectivity index (χ1n) is 3.81. The zero-order valence-electron chi connectivity index (χ0n) is 7.59. The number of halogens is 3. The Morgan fingerprint density at radius 2 is 2.07 bits per heavy atom. The summed E-state index contributed by atoms with van der Waals surface area (Å²) in [4.78, 5) is 0. The normalized spacial score (nSPS) is 11.7. The molecule has 0 bridgehead atoms. The van der Waals surface area contributed by atoms with Crippen molar-refractivity contribution in [1.29, 1.82) is 0 Å². The Hall–Kier alpha value is -0.520. The van der Waals surface area contributed by atoms with Crippen molar-refractivity contribution in [3.8, 4) is 5.75 Å². The predicted octanol–water partition coefficient (Wildman–Crippen LogP) is 2.56. The largest absolute Gasteiger partial charge is 0.506 e. The van der Waals surface area contributed by atoms with Crippen molar-refractivity contribution in [2.45, 2.75) is 12.7 Å². The summed E-state index contributed by atoms with van der Waals surface area (Å²) in [6, 6.07) is 1.20. The van der Waals surface area contributed by atoms with Gasteiger partial charge in [-0.1, -0.05) is 11.6 Å². The van der Waals surface area contributed by atoms with Gasteiger partial charge in [0, 0.05) is 16.2 Å². The maximum atomic E-state index is 13.4. The van der Waals surface area contributed by atoms with E-state index in [4.69, 9.17) is 22.3 Å². The van der Waals surface area contributed by atoms with Gasteiger partial charge in [0.2, 0.25) is 9.05 Å². The SMILES string of the molecule is Cc1cc(Cl)c(O)c(CS(=O)(=O)Cl)c1F. The standard InChI is InChI=1S/C8H7Cl2FO3S/c1-4-2-6(9)8(12)5(7(4)11)3-15(10,13)14/h2,12H,3H2,1H3. The molecular weight excluding hydrogens is 266 g/mol. The number of phenolic OH excluding ortho intramolecular Hbond substituents is 1. The molecule has 0 spiro atoms. The van der Waals surface area contributed by atoms with Gasteiger partial charge in [0.15, 0.2) is 0 Å². The fourth-order valence-electron chi connectivity index (χ4n) is 1.11. The van der Waals surface area contributed by atoms with Gasteiger partial charge in [-0.2, -0.15) is 0 Å². The fraction of sp³-hybridized carbons (Fsp3) is 0.250. The molecule has 0 saturated carbocycles. The highest BCUT2D eigenvalue weighted by atomic mass is 35.7. The Labute approximate surface area is 95.9 Å². The topological polar surface area (TPSA) is 54.4 Å². The number of rotatable bonds is 2. The third-order valence-corrected chi connectivity index (χ3v) is 3.03. The minimum atomic E-state index is -3.94. The molecule has 1 N–H and O–H groups in total. The average Bonchev–Trinajstić information content (AvgIpc) is 2.08. The van der Waals surface area contributed by atoms with Crippen molar-refractivity contribution in [2.24, 2.45) is 0 Å². The first-order chi connectivity index (χ1) is 6.72. The summed E-state index contributed by atoms with van der Waals surface area (Å²) in [7, 11) is 1.03. The Kier molecular flexibility index (Phi) is 3.48. The van der Waals surface area contributed by atoms with E-state index in [1.807, 2.05) is 0 Å². The lowest BCUT2D eigenvalue weighted by Gasteiger charge is -2.08. The number of phenols is 1. The van der Waals surface area contributed by atoms with Crippen molar-refractivity contribution in [3.05, 3.63) is 28.0 Å². The smallest absolute Gasteiger partial charge is 0.237 e. The molecule has 0 aliphatic heterocycles. The lowest BCUT2D eigenvalue weighted by Crippen LogP contribution is -2.01. The van der Waals surface area contributed by atoms with Crippen LogP contribution in [0.3, 0.4) is 0 Å². The van der Waals surface area contributed by atoms with E-state index in [1.54, 1.807) is 0 Å². The van der Waals surface area contributed by atoms with Crippen LogP contribution in [0.25, 0.3) is 0 Å². The van der Waals surface area contributed by atoms with Crippen molar-refractivity contribution < 1.29 is 17.9 Å². The molecule has 3 nitrogen and oxygen atoms in total. The molecule has 1 aromatic rings. The van der Waals surface area contributed by atoms with Crippen LogP contribution in [0.4, 0.5) is 4.39 Å². The zero-order valence-corrected chi connectivity index (χ0v) is 9.92. The highest BCUT2D eigenvalue weighted by molar-refractivity contribution is 8.13. The van der Waals surface area contributed by atoms with Gasteiger partial charge in [0.1, 0.15) is 11.6 Å². The number of aryl methyl sites for hydroxylation is 1. The van der Waals surface area contributed by atoms with Gasteiger partial charge in [-0.3, -0.25) is 0 Å². The molecule has 0 aromatic heterocycles. The number of hydrogen-bond acceptors (Lipinski definition) is 3. The summed E-state index contributed by atoms with van der Waals surface area (Å²) in [5.41, 5.74) is -0.261. The molecule has 7 heteroatoms. The lowest BCUT2D eigenvalue weighted by molar-refractivity contribution is 0.460. The minimum Gasteiger partial charge on any atom is -0.506 e. The van der Waals surface area contributed by atoms with Crippen LogP contribution in [0.2, 0.25) is 5.02 Å². The van der Waals surface area contributed by atoms with E-state index in [-0.39, 0.29) is 10.6 Å². The van der Waals surface area contributed by atoms with Crippen LogP contribution in [0.5, 0.6) is 5.75 Å². The van der Waals surface area contributed by atoms with Crippen LogP contribution in [0.15, 0.2) is 6.07 Å². The molecular formula is C8H7Cl2FO3S. The molecule has 0 saturated heterocycles. The molecule has 84 valence electrons. The van der Waals surface area contributed by atoms with Crippen LogP contribution >= 0.6 is 22.3 Å². The number of hydrogen-bond donors (Lipinski definition) is 1. The third kappa shape index (κ3) is 2.96. The van der Waals surface area contributed by atoms with E-state index in [1.165, 1.54) is 13.0 Å². The zero-order chi connectivity index (χ0) is 11.8. The summed E-state index contributed by atoms with van der Waals surface area (Å²) >= 11 is 5.57. The van der Waals surface area contributed by atoms with Crippen LogP contribution < -0.4 is 0 Å². The molecule has 0 atom stereocenters. The van der Waals surface area contributed by atoms with Gasteiger partial charge in [-0.05, 0) is 18.6 Å². The maximum Gasteiger partial charge on any atom is 0.237 e. The summed E-state index contributed by atoms with van der Waals surface area (Å²) in [5.74, 6) is -2.21. The van der Waals surface area contributed by atoms with Crippen LogP contribution in [0.1, 0.15) is 11.1 Å². The predicted molar refractivity (Wildman–Crippen MR) is 56.3 cm³/mol. The van der Waals surface area contributed by atoms with Gasteiger partial charge in [-0.15, -0.1) is 0 Å². The molecule has 0 aliphatic rings. The monoisotopic (exact) mass is 272 g/mol. The van der Waals surface area contributed by atoms with Crippen LogP contribution in [-0.4, -0.2) is 13.5 Å². The van der Waals surface area contributed by atoms with Gasteiger partial charge in [0.05, 0.1) is 10.8 Å². The molecule has 0 aliphatic carbocycles. The second kappa shape index (κ2) is 4.15. The van der Waals surface area contributed by atoms with E-state index in [2.05, 4.69) is 0 Å². The Morgan fingerprint density at radius 3 is 2.53 bits per heavy atom. The molecule has 0 heterocycles. The summed E-state index contributed by atoms with van der Waals surface area (Å²) in [6.07, 6.45) is 0. The molecule has 15 heavy (non-hydrogen) atoms. The van der Waals surface area contributed by atoms with Crippen molar-refractivity contribution in [2.75, 3.05) is 0 Å².